The largest absolute Gasteiger partial charge is 0.464 e. The van der Waals surface area contributed by atoms with Crippen LogP contribution in [0.5, 0.6) is 0 Å². The molecule has 20 heavy (non-hydrogen) atoms. The number of methoxy groups -OCH3 is 1. The lowest BCUT2D eigenvalue weighted by Gasteiger charge is -2.29. The second-order valence-corrected chi connectivity index (χ2v) is 4.01. The molecule has 1 heterocycles. The Morgan fingerprint density at radius 3 is 2.45 bits per heavy atom. The minimum Gasteiger partial charge on any atom is -0.464 e. The topological polar surface area (TPSA) is 114 Å². The number of primary amides is 1. The molecule has 0 saturated heterocycles. The van der Waals surface area contributed by atoms with Gasteiger partial charge in [-0.3, -0.25) is 5.01 Å². The molecule has 1 aliphatic rings. The van der Waals surface area contributed by atoms with Gasteiger partial charge in [-0.1, -0.05) is 0 Å². The Morgan fingerprint density at radius 2 is 2.00 bits per heavy atom. The Balaban J connectivity index is 3.16. The van der Waals surface area contributed by atoms with E-state index in [0.717, 1.165) is 0 Å². The number of nitrogens with zero attached hydrogens (tertiary/aromatic N) is 2. The van der Waals surface area contributed by atoms with Crippen LogP contribution in [0.4, 0.5) is 4.79 Å². The van der Waals surface area contributed by atoms with Gasteiger partial charge in [0.25, 0.3) is 0 Å². The van der Waals surface area contributed by atoms with Gasteiger partial charge in [0.2, 0.25) is 6.17 Å². The van der Waals surface area contributed by atoms with Crippen LogP contribution in [0.1, 0.15) is 13.8 Å². The van der Waals surface area contributed by atoms with Crippen molar-refractivity contribution >= 4 is 18.0 Å². The lowest BCUT2D eigenvalue weighted by atomic mass is 10.3. The van der Waals surface area contributed by atoms with E-state index in [4.69, 9.17) is 10.5 Å². The van der Waals surface area contributed by atoms with E-state index in [0.29, 0.717) is 5.70 Å². The van der Waals surface area contributed by atoms with Crippen molar-refractivity contribution in [1.82, 2.24) is 15.3 Å². The molecule has 3 N–H and O–H groups in total. The molecule has 0 radical (unpaired) electrons. The van der Waals surface area contributed by atoms with Crippen molar-refractivity contribution in [2.75, 3.05) is 20.8 Å². The van der Waals surface area contributed by atoms with Crippen LogP contribution in [-0.4, -0.2) is 54.8 Å². The van der Waals surface area contributed by atoms with E-state index >= 15 is 0 Å². The summed E-state index contributed by atoms with van der Waals surface area (Å²) in [4.78, 5) is 36.1. The highest BCUT2D eigenvalue weighted by Gasteiger charge is 2.43. The molecule has 0 aromatic carbocycles. The lowest BCUT2D eigenvalue weighted by Crippen LogP contribution is -2.54. The molecule has 1 atom stereocenters. The van der Waals surface area contributed by atoms with Crippen LogP contribution >= 0.6 is 0 Å². The number of esters is 2. The highest BCUT2D eigenvalue weighted by Crippen LogP contribution is 2.27. The Hall–Kier alpha value is -2.45. The van der Waals surface area contributed by atoms with Crippen LogP contribution in [0.2, 0.25) is 0 Å². The first-order chi connectivity index (χ1) is 9.34. The van der Waals surface area contributed by atoms with Crippen molar-refractivity contribution in [1.29, 1.82) is 0 Å². The average molecular weight is 286 g/mol. The van der Waals surface area contributed by atoms with E-state index in [-0.39, 0.29) is 12.3 Å². The van der Waals surface area contributed by atoms with Gasteiger partial charge < -0.3 is 20.1 Å². The summed E-state index contributed by atoms with van der Waals surface area (Å²) < 4.78 is 9.58. The lowest BCUT2D eigenvalue weighted by molar-refractivity contribution is -0.154. The Morgan fingerprint density at radius 1 is 1.40 bits per heavy atom. The molecule has 1 rings (SSSR count). The van der Waals surface area contributed by atoms with Gasteiger partial charge in [-0.15, -0.1) is 0 Å². The molecule has 112 valence electrons. The van der Waals surface area contributed by atoms with E-state index in [1.807, 2.05) is 0 Å². The highest BCUT2D eigenvalue weighted by atomic mass is 16.5. The molecular formula is C11H18N4O5. The van der Waals surface area contributed by atoms with Gasteiger partial charge in [-0.05, 0) is 13.8 Å². The number of carbonyl (C=O) groups excluding carboxylic acids is 3. The summed E-state index contributed by atoms with van der Waals surface area (Å²) in [6.07, 6.45) is -1.02. The molecule has 0 aliphatic carbocycles. The third-order valence-electron chi connectivity index (χ3n) is 2.77. The minimum absolute atomic E-state index is 0.138. The van der Waals surface area contributed by atoms with Crippen molar-refractivity contribution in [3.05, 3.63) is 11.4 Å². The maximum Gasteiger partial charge on any atom is 0.356 e. The van der Waals surface area contributed by atoms with Gasteiger partial charge in [0, 0.05) is 7.05 Å². The molecule has 2 amide bonds. The summed E-state index contributed by atoms with van der Waals surface area (Å²) in [6.45, 7) is 3.37. The molecule has 9 heteroatoms. The van der Waals surface area contributed by atoms with E-state index in [9.17, 15) is 14.4 Å². The summed E-state index contributed by atoms with van der Waals surface area (Å²) in [5.41, 5.74) is 7.82. The maximum atomic E-state index is 12.0. The number of amides is 2. The number of likely N-dealkylation sites (N-methyl/N-ethyl adjacent to an activating group) is 1. The van der Waals surface area contributed by atoms with Gasteiger partial charge in [-0.2, -0.15) is 0 Å². The fourth-order valence-electron chi connectivity index (χ4n) is 1.98. The Kier molecular flexibility index (Phi) is 4.78. The summed E-state index contributed by atoms with van der Waals surface area (Å²) in [7, 11) is 2.74. The fourth-order valence-corrected chi connectivity index (χ4v) is 1.98. The first-order valence-corrected chi connectivity index (χ1v) is 5.89. The third-order valence-corrected chi connectivity index (χ3v) is 2.77. The number of urea groups is 1. The van der Waals surface area contributed by atoms with E-state index in [2.05, 4.69) is 10.2 Å². The van der Waals surface area contributed by atoms with E-state index in [1.54, 1.807) is 13.8 Å². The number of rotatable bonds is 4. The smallest absolute Gasteiger partial charge is 0.356 e. The molecule has 9 nitrogen and oxygen atoms in total. The van der Waals surface area contributed by atoms with Crippen LogP contribution in [0, 0.1) is 0 Å². The van der Waals surface area contributed by atoms with Gasteiger partial charge >= 0.3 is 18.0 Å². The summed E-state index contributed by atoms with van der Waals surface area (Å²) in [5.74, 6) is -1.25. The number of nitrogens with two attached hydrogens (primary N) is 1. The zero-order valence-electron chi connectivity index (χ0n) is 11.8. The molecule has 0 aromatic rings. The molecule has 1 aliphatic heterocycles. The Bertz CT molecular complexity index is 462. The van der Waals surface area contributed by atoms with Crippen molar-refractivity contribution in [2.45, 2.75) is 20.0 Å². The van der Waals surface area contributed by atoms with Crippen LogP contribution in [-0.2, 0) is 19.1 Å². The van der Waals surface area contributed by atoms with Crippen LogP contribution in [0.25, 0.3) is 0 Å². The monoisotopic (exact) mass is 286 g/mol. The predicted octanol–water partition coefficient (Wildman–Crippen LogP) is -0.889. The quantitative estimate of drug-likeness (QED) is 0.644. The second-order valence-electron chi connectivity index (χ2n) is 4.01. The average Bonchev–Trinajstić information content (AvgIpc) is 2.60. The maximum absolute atomic E-state index is 12.0. The molecule has 0 aromatic heterocycles. The van der Waals surface area contributed by atoms with Crippen LogP contribution < -0.4 is 11.2 Å². The van der Waals surface area contributed by atoms with Gasteiger partial charge in [0.15, 0.2) is 0 Å². The zero-order valence-corrected chi connectivity index (χ0v) is 11.8. The standard InChI is InChI=1S/C11H18N4O5/c1-5-20-10(17)8-14(3)7(9(16)19-4)6(2)15(8)13-11(12)18/h8H,5H2,1-4H3,(H3,12,13,18). The molecule has 0 fully saturated rings. The second kappa shape index (κ2) is 6.13. The van der Waals surface area contributed by atoms with Gasteiger partial charge in [-0.25, -0.2) is 19.8 Å². The molecule has 1 unspecified atom stereocenters. The SMILES string of the molecule is CCOC(=O)C1N(C)C(C(=O)OC)=C(C)N1NC(N)=O. The van der Waals surface area contributed by atoms with Crippen LogP contribution in [0.3, 0.4) is 0 Å². The van der Waals surface area contributed by atoms with Crippen LogP contribution in [0.15, 0.2) is 11.4 Å². The Labute approximate surface area is 116 Å². The third kappa shape index (κ3) is 2.76. The summed E-state index contributed by atoms with van der Waals surface area (Å²) >= 11 is 0. The highest BCUT2D eigenvalue weighted by molar-refractivity contribution is 5.91. The van der Waals surface area contributed by atoms with Crippen molar-refractivity contribution in [3.63, 3.8) is 0 Å². The summed E-state index contributed by atoms with van der Waals surface area (Å²) in [5, 5.41) is 1.17. The summed E-state index contributed by atoms with van der Waals surface area (Å²) in [6, 6.07) is -0.863. The first-order valence-electron chi connectivity index (χ1n) is 5.89. The number of carbonyl (C=O) groups is 3. The zero-order chi connectivity index (χ0) is 15.4. The number of ether oxygens (including phenoxy) is 2. The number of hydrazine groups is 1. The molecule has 0 saturated carbocycles. The van der Waals surface area contributed by atoms with Crippen molar-refractivity contribution in [2.24, 2.45) is 5.73 Å². The minimum atomic E-state index is -1.02. The molecule has 0 bridgehead atoms. The van der Waals surface area contributed by atoms with E-state index < -0.39 is 24.1 Å². The number of hydrogen-bond acceptors (Lipinski definition) is 7. The number of allylic oxidation sites excluding steroid dienone is 1. The molecule has 0 spiro atoms. The normalized spacial score (nSPS) is 18.1. The predicted molar refractivity (Wildman–Crippen MR) is 67.5 cm³/mol. The van der Waals surface area contributed by atoms with Crippen molar-refractivity contribution in [3.8, 4) is 0 Å². The fraction of sp³-hybridized carbons (Fsp3) is 0.545. The van der Waals surface area contributed by atoms with E-state index in [1.165, 1.54) is 24.1 Å². The number of hydrogen-bond donors (Lipinski definition) is 2. The van der Waals surface area contributed by atoms with Gasteiger partial charge in [0.1, 0.15) is 5.70 Å². The van der Waals surface area contributed by atoms with Crippen molar-refractivity contribution < 1.29 is 23.9 Å². The van der Waals surface area contributed by atoms with Gasteiger partial charge in [0.05, 0.1) is 19.4 Å². The number of nitrogens with one attached hydrogen (secondary N) is 1. The molecular weight excluding hydrogens is 268 g/mol. The first kappa shape index (κ1) is 15.6.